The Morgan fingerprint density at radius 3 is 1.98 bits per heavy atom. The molecule has 0 aromatic heterocycles. The molecule has 1 heteroatoms. The molecule has 5 aromatic carbocycles. The first-order valence-electron chi connectivity index (χ1n) is 19.7. The lowest BCUT2D eigenvalue weighted by molar-refractivity contribution is 0.659. The Morgan fingerprint density at radius 1 is 0.667 bits per heavy atom. The van der Waals surface area contributed by atoms with E-state index in [-0.39, 0.29) is 5.41 Å². The summed E-state index contributed by atoms with van der Waals surface area (Å²) < 4.78 is 0. The van der Waals surface area contributed by atoms with Crippen LogP contribution >= 0.6 is 0 Å². The molecule has 286 valence electrons. The van der Waals surface area contributed by atoms with E-state index >= 15 is 0 Å². The molecule has 0 saturated heterocycles. The van der Waals surface area contributed by atoms with E-state index in [9.17, 15) is 0 Å². The first-order chi connectivity index (χ1) is 27.6. The van der Waals surface area contributed by atoms with Crippen LogP contribution in [-0.2, 0) is 5.41 Å². The molecule has 1 aliphatic heterocycles. The quantitative estimate of drug-likeness (QED) is 0.150. The highest BCUT2D eigenvalue weighted by Gasteiger charge is 2.35. The van der Waals surface area contributed by atoms with Crippen LogP contribution in [0.25, 0.3) is 33.4 Å². The van der Waals surface area contributed by atoms with Crippen molar-refractivity contribution >= 4 is 5.69 Å². The standard InChI is InChI=1S/C30H31N.C19H16.C7H10/c1-6-7-9-13-24-21-31(18-11-8-10-12-23(24)3)25-15-17-27-26-16-14-22(2)19-28(26)30(4,5)29(27)20-25;1-15-7-5-6-10-19(15)18-13-11-17(12-14-18)16-8-3-2-4-9-16;1-4-6-7(3)5-2/h6-17,19-20H,1,3,18,21H2,2,4-5H3;2-14H,1H3;4-6H,1-2H2,3H3/b9-7-,11-8-,12-10-,24-13+;;7-6-. The van der Waals surface area contributed by atoms with Crippen molar-refractivity contribution < 1.29 is 0 Å². The van der Waals surface area contributed by atoms with E-state index in [1.54, 1.807) is 18.2 Å². The van der Waals surface area contributed by atoms with Gasteiger partial charge in [-0.1, -0.05) is 221 Å². The summed E-state index contributed by atoms with van der Waals surface area (Å²) in [5.74, 6) is 0. The summed E-state index contributed by atoms with van der Waals surface area (Å²) in [5.41, 5.74) is 17.9. The minimum Gasteiger partial charge on any atom is -0.363 e. The Kier molecular flexibility index (Phi) is 14.6. The third kappa shape index (κ3) is 10.7. The zero-order valence-electron chi connectivity index (χ0n) is 34.5. The summed E-state index contributed by atoms with van der Waals surface area (Å²) >= 11 is 0. The van der Waals surface area contributed by atoms with Crippen LogP contribution in [0.4, 0.5) is 5.69 Å². The summed E-state index contributed by atoms with van der Waals surface area (Å²) in [6.07, 6.45) is 21.9. The molecule has 0 N–H and O–H groups in total. The molecule has 1 nitrogen and oxygen atoms in total. The molecular weight excluding hydrogens is 687 g/mol. The lowest BCUT2D eigenvalue weighted by atomic mass is 9.82. The van der Waals surface area contributed by atoms with Gasteiger partial charge in [-0.2, -0.15) is 0 Å². The van der Waals surface area contributed by atoms with Crippen LogP contribution in [0.15, 0.2) is 225 Å². The second-order valence-electron chi connectivity index (χ2n) is 15.0. The maximum absolute atomic E-state index is 4.29. The van der Waals surface area contributed by atoms with Crippen molar-refractivity contribution in [1.82, 2.24) is 0 Å². The van der Waals surface area contributed by atoms with Crippen LogP contribution in [0.3, 0.4) is 0 Å². The van der Waals surface area contributed by atoms with Crippen molar-refractivity contribution in [2.45, 2.75) is 40.0 Å². The van der Waals surface area contributed by atoms with Crippen molar-refractivity contribution in [2.24, 2.45) is 0 Å². The van der Waals surface area contributed by atoms with Crippen LogP contribution in [0.5, 0.6) is 0 Å². The first kappa shape index (κ1) is 41.7. The Balaban J connectivity index is 0.000000201. The van der Waals surface area contributed by atoms with Crippen LogP contribution in [0, 0.1) is 13.8 Å². The molecule has 0 radical (unpaired) electrons. The molecule has 57 heavy (non-hydrogen) atoms. The maximum atomic E-state index is 4.29. The van der Waals surface area contributed by atoms with E-state index in [1.165, 1.54) is 66.9 Å². The van der Waals surface area contributed by atoms with Crippen LogP contribution in [0.2, 0.25) is 0 Å². The van der Waals surface area contributed by atoms with E-state index in [0.717, 1.165) is 24.2 Å². The van der Waals surface area contributed by atoms with Gasteiger partial charge in [0.05, 0.1) is 0 Å². The number of hydrogen-bond donors (Lipinski definition) is 0. The summed E-state index contributed by atoms with van der Waals surface area (Å²) in [7, 11) is 0. The highest BCUT2D eigenvalue weighted by molar-refractivity contribution is 5.83. The highest BCUT2D eigenvalue weighted by atomic mass is 15.1. The number of hydrogen-bond acceptors (Lipinski definition) is 1. The largest absolute Gasteiger partial charge is 0.363 e. The van der Waals surface area contributed by atoms with Crippen molar-refractivity contribution in [3.63, 3.8) is 0 Å². The predicted molar refractivity (Wildman–Crippen MR) is 252 cm³/mol. The minimum atomic E-state index is -0.00131. The van der Waals surface area contributed by atoms with E-state index in [0.29, 0.717) is 0 Å². The molecule has 0 fully saturated rings. The van der Waals surface area contributed by atoms with Gasteiger partial charge in [-0.3, -0.25) is 0 Å². The Hall–Kier alpha value is -6.44. The molecule has 0 amide bonds. The zero-order valence-corrected chi connectivity index (χ0v) is 34.5. The van der Waals surface area contributed by atoms with E-state index in [4.69, 9.17) is 0 Å². The number of benzene rings is 5. The average Bonchev–Trinajstić information content (AvgIpc) is 3.49. The molecule has 0 bridgehead atoms. The van der Waals surface area contributed by atoms with Gasteiger partial charge in [-0.15, -0.1) is 0 Å². The molecule has 0 saturated carbocycles. The normalized spacial score (nSPS) is 16.0. The maximum Gasteiger partial charge on any atom is 0.0438 e. The zero-order chi connectivity index (χ0) is 40.8. The van der Waals surface area contributed by atoms with Gasteiger partial charge in [-0.05, 0) is 94.1 Å². The van der Waals surface area contributed by atoms with Gasteiger partial charge in [0.2, 0.25) is 0 Å². The fourth-order valence-corrected chi connectivity index (χ4v) is 7.18. The van der Waals surface area contributed by atoms with Crippen LogP contribution < -0.4 is 4.90 Å². The van der Waals surface area contributed by atoms with Gasteiger partial charge in [0.1, 0.15) is 0 Å². The fraction of sp³-hybridized carbons (Fsp3) is 0.143. The van der Waals surface area contributed by atoms with E-state index < -0.39 is 0 Å². The van der Waals surface area contributed by atoms with Gasteiger partial charge in [-0.25, -0.2) is 0 Å². The lowest BCUT2D eigenvalue weighted by Gasteiger charge is -2.28. The molecule has 5 aromatic rings. The van der Waals surface area contributed by atoms with Gasteiger partial charge < -0.3 is 4.90 Å². The van der Waals surface area contributed by atoms with Crippen molar-refractivity contribution in [3.05, 3.63) is 247 Å². The number of nitrogens with zero attached hydrogens (tertiary/aromatic N) is 1. The molecular formula is C56H57N. The van der Waals surface area contributed by atoms with Gasteiger partial charge >= 0.3 is 0 Å². The monoisotopic (exact) mass is 743 g/mol. The molecule has 1 heterocycles. The average molecular weight is 744 g/mol. The molecule has 0 spiro atoms. The molecule has 7 rings (SSSR count). The first-order valence-corrected chi connectivity index (χ1v) is 19.7. The van der Waals surface area contributed by atoms with Crippen molar-refractivity contribution in [3.8, 4) is 33.4 Å². The van der Waals surface area contributed by atoms with Crippen LogP contribution in [-0.4, -0.2) is 13.1 Å². The third-order valence-electron chi connectivity index (χ3n) is 10.5. The van der Waals surface area contributed by atoms with Crippen molar-refractivity contribution in [1.29, 1.82) is 0 Å². The summed E-state index contributed by atoms with van der Waals surface area (Å²) in [6.45, 7) is 27.8. The second kappa shape index (κ2) is 19.9. The Morgan fingerprint density at radius 2 is 1.32 bits per heavy atom. The second-order valence-corrected chi connectivity index (χ2v) is 15.0. The smallest absolute Gasteiger partial charge is 0.0438 e. The number of allylic oxidation sites excluding steroid dienone is 11. The van der Waals surface area contributed by atoms with Gasteiger partial charge in [0.25, 0.3) is 0 Å². The summed E-state index contributed by atoms with van der Waals surface area (Å²) in [4.78, 5) is 2.42. The van der Waals surface area contributed by atoms with E-state index in [2.05, 4.69) is 198 Å². The number of aryl methyl sites for hydroxylation is 2. The minimum absolute atomic E-state index is 0.00131. The predicted octanol–water partition coefficient (Wildman–Crippen LogP) is 15.1. The lowest BCUT2D eigenvalue weighted by Crippen LogP contribution is -2.26. The molecule has 0 atom stereocenters. The van der Waals surface area contributed by atoms with E-state index in [1.807, 2.05) is 31.2 Å². The van der Waals surface area contributed by atoms with Crippen molar-refractivity contribution in [2.75, 3.05) is 18.0 Å². The summed E-state index contributed by atoms with van der Waals surface area (Å²) in [6, 6.07) is 41.6. The van der Waals surface area contributed by atoms with Gasteiger partial charge in [0, 0.05) is 24.2 Å². The third-order valence-corrected chi connectivity index (χ3v) is 10.5. The Labute approximate surface area is 343 Å². The fourth-order valence-electron chi connectivity index (χ4n) is 7.18. The van der Waals surface area contributed by atoms with Gasteiger partial charge in [0.15, 0.2) is 0 Å². The molecule has 1 aliphatic carbocycles. The topological polar surface area (TPSA) is 3.24 Å². The number of rotatable bonds is 7. The number of anilines is 1. The molecule has 0 unspecified atom stereocenters. The van der Waals surface area contributed by atoms with Crippen LogP contribution in [0.1, 0.15) is 43.0 Å². The summed E-state index contributed by atoms with van der Waals surface area (Å²) in [5, 5.41) is 0. The number of fused-ring (bicyclic) bond motifs is 3. The SMILES string of the molecule is C=C/C=C(/C)C=C.C=C/C=C\C=C1/CN(c2ccc3c(c2)C(C)(C)c2cc(C)ccc2-3)C/C=C\C=C/C1=C.Cc1ccccc1-c1ccc(-c2ccccc2)cc1. The molecule has 2 aliphatic rings. The Bertz CT molecular complexity index is 2350. The highest BCUT2D eigenvalue weighted by Crippen LogP contribution is 2.50.